The maximum absolute atomic E-state index is 12.7. The lowest BCUT2D eigenvalue weighted by Crippen LogP contribution is -2.42. The van der Waals surface area contributed by atoms with Crippen LogP contribution in [0.3, 0.4) is 0 Å². The minimum absolute atomic E-state index is 0.131. The average Bonchev–Trinajstić information content (AvgIpc) is 3.03. The van der Waals surface area contributed by atoms with E-state index >= 15 is 0 Å². The number of nitrogens with one attached hydrogen (secondary N) is 1. The molecule has 0 aliphatic rings. The molecule has 2 rings (SSSR count). The molecule has 0 aromatic carbocycles. The molecule has 136 valence electrons. The van der Waals surface area contributed by atoms with Crippen molar-refractivity contribution in [3.63, 3.8) is 0 Å². The molecule has 0 amide bonds. The first-order valence-corrected chi connectivity index (χ1v) is 9.31. The fraction of sp³-hybridized carbons (Fsp3) is 0.500. The monoisotopic (exact) mass is 384 g/mol. The van der Waals surface area contributed by atoms with Gasteiger partial charge in [-0.2, -0.15) is 0 Å². The van der Waals surface area contributed by atoms with Crippen molar-refractivity contribution in [1.29, 1.82) is 0 Å². The summed E-state index contributed by atoms with van der Waals surface area (Å²) in [6.07, 6.45) is 0.965. The molecule has 2 aromatic rings. The molecule has 0 radical (unpaired) electrons. The van der Waals surface area contributed by atoms with Crippen molar-refractivity contribution < 1.29 is 4.79 Å². The minimum Gasteiger partial charge on any atom is -0.384 e. The van der Waals surface area contributed by atoms with Gasteiger partial charge in [0.15, 0.2) is 10.1 Å². The summed E-state index contributed by atoms with van der Waals surface area (Å²) in [5, 5.41) is 11.2. The lowest BCUT2D eigenvalue weighted by atomic mass is 10.1. The number of nitrogen functional groups attached to an aromatic ring is 1. The van der Waals surface area contributed by atoms with Crippen LogP contribution in [0, 0.1) is 0 Å². The first kappa shape index (κ1) is 19.2. The topological polar surface area (TPSA) is 125 Å². The number of anilines is 2. The molecule has 9 nitrogen and oxygen atoms in total. The summed E-state index contributed by atoms with van der Waals surface area (Å²) in [6.45, 7) is 4.50. The van der Waals surface area contributed by atoms with E-state index in [0.29, 0.717) is 9.47 Å². The van der Waals surface area contributed by atoms with E-state index in [4.69, 9.17) is 5.73 Å². The normalized spacial score (nSPS) is 12.2. The van der Waals surface area contributed by atoms with Gasteiger partial charge in [0.2, 0.25) is 5.13 Å². The van der Waals surface area contributed by atoms with E-state index in [1.165, 1.54) is 37.2 Å². The van der Waals surface area contributed by atoms with Crippen LogP contribution in [0.5, 0.6) is 0 Å². The van der Waals surface area contributed by atoms with Crippen LogP contribution in [-0.2, 0) is 14.1 Å². The summed E-state index contributed by atoms with van der Waals surface area (Å²) in [5.74, 6) is -0.579. The van der Waals surface area contributed by atoms with Gasteiger partial charge in [0.05, 0.1) is 5.25 Å². The Balaban J connectivity index is 2.25. The minimum atomic E-state index is -0.694. The standard InChI is InChI=1S/C14H20N6O3S2/c1-5-6-16-12-17-18-13(25-12)24-7(2)9(21)8-10(15)19(3)14(23)20(4)11(8)22/h7H,5-6,15H2,1-4H3,(H,16,17). The van der Waals surface area contributed by atoms with Crippen molar-refractivity contribution in [2.24, 2.45) is 14.1 Å². The predicted molar refractivity (Wildman–Crippen MR) is 99.7 cm³/mol. The largest absolute Gasteiger partial charge is 0.384 e. The molecular weight excluding hydrogens is 364 g/mol. The lowest BCUT2D eigenvalue weighted by molar-refractivity contribution is 0.0992. The maximum Gasteiger partial charge on any atom is 0.332 e. The van der Waals surface area contributed by atoms with Gasteiger partial charge in [0.25, 0.3) is 5.56 Å². The molecule has 11 heteroatoms. The average molecular weight is 384 g/mol. The molecule has 0 fully saturated rings. The molecule has 0 saturated carbocycles. The number of nitrogens with zero attached hydrogens (tertiary/aromatic N) is 4. The SMILES string of the molecule is CCCNc1nnc(SC(C)C(=O)c2c(N)n(C)c(=O)n(C)c2=O)s1. The first-order chi connectivity index (χ1) is 11.8. The van der Waals surface area contributed by atoms with Crippen LogP contribution in [0.1, 0.15) is 30.6 Å². The Labute approximate surface area is 152 Å². The van der Waals surface area contributed by atoms with Gasteiger partial charge >= 0.3 is 5.69 Å². The summed E-state index contributed by atoms with van der Waals surface area (Å²) < 4.78 is 2.57. The van der Waals surface area contributed by atoms with E-state index in [1.807, 2.05) is 6.92 Å². The number of rotatable bonds is 7. The molecule has 0 aliphatic carbocycles. The molecule has 2 aromatic heterocycles. The fourth-order valence-corrected chi connectivity index (χ4v) is 4.04. The molecule has 1 unspecified atom stereocenters. The lowest BCUT2D eigenvalue weighted by Gasteiger charge is -2.13. The second-order valence-electron chi connectivity index (χ2n) is 5.39. The molecule has 0 aliphatic heterocycles. The zero-order chi connectivity index (χ0) is 18.7. The number of hydrogen-bond acceptors (Lipinski definition) is 9. The second-order valence-corrected chi connectivity index (χ2v) is 7.96. The van der Waals surface area contributed by atoms with Crippen LogP contribution in [0.15, 0.2) is 13.9 Å². The van der Waals surface area contributed by atoms with Gasteiger partial charge in [-0.15, -0.1) is 10.2 Å². The van der Waals surface area contributed by atoms with E-state index < -0.39 is 22.3 Å². The van der Waals surface area contributed by atoms with Crippen molar-refractivity contribution >= 4 is 39.8 Å². The van der Waals surface area contributed by atoms with Gasteiger partial charge in [0.1, 0.15) is 11.4 Å². The van der Waals surface area contributed by atoms with Gasteiger partial charge < -0.3 is 11.1 Å². The summed E-state index contributed by atoms with van der Waals surface area (Å²) in [5.41, 5.74) is 4.38. The maximum atomic E-state index is 12.7. The Bertz CT molecular complexity index is 901. The highest BCUT2D eigenvalue weighted by atomic mass is 32.2. The predicted octanol–water partition coefficient (Wildman–Crippen LogP) is 0.703. The summed E-state index contributed by atoms with van der Waals surface area (Å²) in [6, 6.07) is 0. The number of carbonyl (C=O) groups is 1. The second kappa shape index (κ2) is 7.83. The van der Waals surface area contributed by atoms with Gasteiger partial charge in [-0.25, -0.2) is 4.79 Å². The van der Waals surface area contributed by atoms with E-state index in [-0.39, 0.29) is 11.4 Å². The number of thioether (sulfide) groups is 1. The zero-order valence-electron chi connectivity index (χ0n) is 14.4. The highest BCUT2D eigenvalue weighted by molar-refractivity contribution is 8.02. The number of Topliss-reactive ketones (excluding diaryl/α,β-unsaturated/α-hetero) is 1. The van der Waals surface area contributed by atoms with Crippen molar-refractivity contribution in [3.8, 4) is 0 Å². The third kappa shape index (κ3) is 3.93. The number of hydrogen-bond donors (Lipinski definition) is 2. The van der Waals surface area contributed by atoms with Crippen LogP contribution >= 0.6 is 23.1 Å². The number of aromatic nitrogens is 4. The van der Waals surface area contributed by atoms with Gasteiger partial charge in [-0.05, 0) is 13.3 Å². The fourth-order valence-electron chi connectivity index (χ4n) is 2.06. The van der Waals surface area contributed by atoms with Crippen LogP contribution in [-0.4, -0.2) is 36.9 Å². The van der Waals surface area contributed by atoms with E-state index in [0.717, 1.165) is 22.1 Å². The Hall–Kier alpha value is -2.14. The van der Waals surface area contributed by atoms with Gasteiger partial charge in [-0.3, -0.25) is 18.7 Å². The van der Waals surface area contributed by atoms with E-state index in [1.54, 1.807) is 6.92 Å². The molecular formula is C14H20N6O3S2. The third-order valence-corrected chi connectivity index (χ3v) is 5.60. The van der Waals surface area contributed by atoms with Crippen LogP contribution in [0.4, 0.5) is 10.9 Å². The zero-order valence-corrected chi connectivity index (χ0v) is 16.0. The van der Waals surface area contributed by atoms with Crippen molar-refractivity contribution in [2.75, 3.05) is 17.6 Å². The summed E-state index contributed by atoms with van der Waals surface area (Å²) >= 11 is 2.54. The highest BCUT2D eigenvalue weighted by Gasteiger charge is 2.26. The Kier molecular flexibility index (Phi) is 6.01. The summed E-state index contributed by atoms with van der Waals surface area (Å²) in [7, 11) is 2.73. The Morgan fingerprint density at radius 1 is 1.32 bits per heavy atom. The number of carbonyl (C=O) groups excluding carboxylic acids is 1. The van der Waals surface area contributed by atoms with Gasteiger partial charge in [0, 0.05) is 20.6 Å². The smallest absolute Gasteiger partial charge is 0.332 e. The molecule has 0 bridgehead atoms. The first-order valence-electron chi connectivity index (χ1n) is 7.61. The molecule has 0 spiro atoms. The summed E-state index contributed by atoms with van der Waals surface area (Å²) in [4.78, 5) is 36.8. The van der Waals surface area contributed by atoms with E-state index in [9.17, 15) is 14.4 Å². The Morgan fingerprint density at radius 3 is 2.64 bits per heavy atom. The van der Waals surface area contributed by atoms with Crippen molar-refractivity contribution in [2.45, 2.75) is 29.9 Å². The molecule has 1 atom stereocenters. The number of nitrogens with two attached hydrogens (primary N) is 1. The molecule has 2 heterocycles. The van der Waals surface area contributed by atoms with Crippen molar-refractivity contribution in [3.05, 3.63) is 26.4 Å². The van der Waals surface area contributed by atoms with Crippen LogP contribution in [0.2, 0.25) is 0 Å². The Morgan fingerprint density at radius 2 is 2.00 bits per heavy atom. The third-order valence-electron chi connectivity index (χ3n) is 3.54. The van der Waals surface area contributed by atoms with E-state index in [2.05, 4.69) is 15.5 Å². The molecule has 0 saturated heterocycles. The number of ketones is 1. The molecule has 3 N–H and O–H groups in total. The van der Waals surface area contributed by atoms with Crippen LogP contribution < -0.4 is 22.3 Å². The highest BCUT2D eigenvalue weighted by Crippen LogP contribution is 2.30. The quantitative estimate of drug-likeness (QED) is 0.528. The molecule has 25 heavy (non-hydrogen) atoms. The van der Waals surface area contributed by atoms with Crippen LogP contribution in [0.25, 0.3) is 0 Å². The van der Waals surface area contributed by atoms with Crippen molar-refractivity contribution in [1.82, 2.24) is 19.3 Å². The van der Waals surface area contributed by atoms with Gasteiger partial charge in [-0.1, -0.05) is 30.0 Å².